The fourth-order valence-corrected chi connectivity index (χ4v) is 2.68. The van der Waals surface area contributed by atoms with Gasteiger partial charge in [-0.3, -0.25) is 0 Å². The number of H-pyrrole nitrogens is 1. The van der Waals surface area contributed by atoms with Crippen molar-refractivity contribution < 1.29 is 9.84 Å². The summed E-state index contributed by atoms with van der Waals surface area (Å²) in [6.07, 6.45) is 1.64. The van der Waals surface area contributed by atoms with Gasteiger partial charge >= 0.3 is 0 Å². The van der Waals surface area contributed by atoms with Crippen molar-refractivity contribution in [2.75, 3.05) is 25.6 Å². The zero-order valence-electron chi connectivity index (χ0n) is 15.4. The quantitative estimate of drug-likeness (QED) is 0.502. The Balaban J connectivity index is 1.92. The molecule has 0 aliphatic carbocycles. The Morgan fingerprint density at radius 2 is 2.00 bits per heavy atom. The van der Waals surface area contributed by atoms with Crippen molar-refractivity contribution in [2.24, 2.45) is 5.10 Å². The highest BCUT2D eigenvalue weighted by molar-refractivity contribution is 7.71. The average Bonchev–Trinajstić information content (AvgIpc) is 3.03. The lowest BCUT2D eigenvalue weighted by Crippen LogP contribution is -2.08. The molecule has 0 atom stereocenters. The lowest BCUT2D eigenvalue weighted by atomic mass is 10.2. The Kier molecular flexibility index (Phi) is 5.56. The average molecular weight is 383 g/mol. The summed E-state index contributed by atoms with van der Waals surface area (Å²) in [4.78, 5) is 2.03. The minimum atomic E-state index is 0.0931. The number of ether oxygens (including phenoxy) is 1. The van der Waals surface area contributed by atoms with Crippen LogP contribution in [0.1, 0.15) is 12.5 Å². The SMILES string of the molecule is CCOc1cc(/C=N/n2c(-c3ccc(N(C)C)cc3)n[nH]c2=S)ccc1O. The molecular weight excluding hydrogens is 362 g/mol. The van der Waals surface area contributed by atoms with Gasteiger partial charge in [-0.05, 0) is 67.2 Å². The third kappa shape index (κ3) is 4.17. The van der Waals surface area contributed by atoms with Crippen LogP contribution in [0.5, 0.6) is 11.5 Å². The van der Waals surface area contributed by atoms with E-state index in [-0.39, 0.29) is 5.75 Å². The zero-order valence-corrected chi connectivity index (χ0v) is 16.2. The topological polar surface area (TPSA) is 78.7 Å². The summed E-state index contributed by atoms with van der Waals surface area (Å²) in [5.41, 5.74) is 2.76. The van der Waals surface area contributed by atoms with Gasteiger partial charge in [-0.25, -0.2) is 5.10 Å². The summed E-state index contributed by atoms with van der Waals surface area (Å²) in [6.45, 7) is 2.33. The summed E-state index contributed by atoms with van der Waals surface area (Å²) in [7, 11) is 3.98. The molecule has 0 radical (unpaired) electrons. The molecule has 27 heavy (non-hydrogen) atoms. The Hall–Kier alpha value is -3.13. The van der Waals surface area contributed by atoms with Crippen LogP contribution in [0.2, 0.25) is 0 Å². The van der Waals surface area contributed by atoms with Gasteiger partial charge in [-0.2, -0.15) is 14.9 Å². The van der Waals surface area contributed by atoms with Crippen LogP contribution in [0.25, 0.3) is 11.4 Å². The van der Waals surface area contributed by atoms with Crippen molar-refractivity contribution in [3.63, 3.8) is 0 Å². The van der Waals surface area contributed by atoms with Gasteiger partial charge in [0.2, 0.25) is 4.77 Å². The second kappa shape index (κ2) is 8.05. The Morgan fingerprint density at radius 1 is 1.26 bits per heavy atom. The predicted molar refractivity (Wildman–Crippen MR) is 109 cm³/mol. The number of nitrogens with one attached hydrogen (secondary N) is 1. The molecule has 2 aromatic carbocycles. The van der Waals surface area contributed by atoms with Gasteiger partial charge in [0.05, 0.1) is 12.8 Å². The van der Waals surface area contributed by atoms with Crippen LogP contribution in [0.4, 0.5) is 5.69 Å². The van der Waals surface area contributed by atoms with Gasteiger partial charge in [0.1, 0.15) is 0 Å². The second-order valence-electron chi connectivity index (χ2n) is 6.01. The van der Waals surface area contributed by atoms with Crippen LogP contribution in [-0.4, -0.2) is 46.9 Å². The fourth-order valence-electron chi connectivity index (χ4n) is 2.50. The highest BCUT2D eigenvalue weighted by Crippen LogP contribution is 2.26. The van der Waals surface area contributed by atoms with Crippen LogP contribution in [-0.2, 0) is 0 Å². The Morgan fingerprint density at radius 3 is 2.67 bits per heavy atom. The lowest BCUT2D eigenvalue weighted by molar-refractivity contribution is 0.318. The molecule has 0 amide bonds. The summed E-state index contributed by atoms with van der Waals surface area (Å²) in [5, 5.41) is 21.3. The van der Waals surface area contributed by atoms with E-state index in [1.165, 1.54) is 0 Å². The molecule has 0 bridgehead atoms. The number of rotatable bonds is 6. The summed E-state index contributed by atoms with van der Waals surface area (Å²) in [5.74, 6) is 1.12. The molecule has 0 aliphatic rings. The van der Waals surface area contributed by atoms with Crippen LogP contribution in [0, 0.1) is 4.77 Å². The number of hydrogen-bond donors (Lipinski definition) is 2. The Bertz CT molecular complexity index is 1010. The van der Waals surface area contributed by atoms with Gasteiger partial charge in [0.25, 0.3) is 0 Å². The van der Waals surface area contributed by atoms with Gasteiger partial charge in [-0.15, -0.1) is 0 Å². The molecular formula is C19H21N5O2S. The molecule has 0 aliphatic heterocycles. The number of hydrogen-bond acceptors (Lipinski definition) is 6. The van der Waals surface area contributed by atoms with E-state index in [0.29, 0.717) is 23.0 Å². The van der Waals surface area contributed by atoms with E-state index in [9.17, 15) is 5.11 Å². The molecule has 140 valence electrons. The maximum Gasteiger partial charge on any atom is 0.216 e. The van der Waals surface area contributed by atoms with Crippen molar-refractivity contribution >= 4 is 24.1 Å². The minimum absolute atomic E-state index is 0.0931. The normalized spacial score (nSPS) is 11.1. The number of phenolic OH excluding ortho intramolecular Hbond substituents is 1. The van der Waals surface area contributed by atoms with E-state index in [2.05, 4.69) is 15.3 Å². The van der Waals surface area contributed by atoms with Crippen LogP contribution < -0.4 is 9.64 Å². The van der Waals surface area contributed by atoms with Crippen LogP contribution >= 0.6 is 12.2 Å². The van der Waals surface area contributed by atoms with Gasteiger partial charge in [-0.1, -0.05) is 0 Å². The number of aromatic hydroxyl groups is 1. The fraction of sp³-hybridized carbons (Fsp3) is 0.211. The highest BCUT2D eigenvalue weighted by atomic mass is 32.1. The minimum Gasteiger partial charge on any atom is -0.504 e. The molecule has 0 saturated carbocycles. The van der Waals surface area contributed by atoms with E-state index >= 15 is 0 Å². The Labute approximate surface area is 162 Å². The molecule has 0 unspecified atom stereocenters. The van der Waals surface area contributed by atoms with Crippen LogP contribution in [0.15, 0.2) is 47.6 Å². The van der Waals surface area contributed by atoms with E-state index in [0.717, 1.165) is 16.8 Å². The molecule has 3 aromatic rings. The summed E-state index contributed by atoms with van der Waals surface area (Å²) in [6, 6.07) is 13.0. The van der Waals surface area contributed by atoms with E-state index in [4.69, 9.17) is 17.0 Å². The van der Waals surface area contributed by atoms with E-state index < -0.39 is 0 Å². The van der Waals surface area contributed by atoms with Gasteiger partial charge in [0, 0.05) is 25.3 Å². The molecule has 7 nitrogen and oxygen atoms in total. The molecule has 0 saturated heterocycles. The second-order valence-corrected chi connectivity index (χ2v) is 6.40. The summed E-state index contributed by atoms with van der Waals surface area (Å²) >= 11 is 5.30. The van der Waals surface area contributed by atoms with E-state index in [1.54, 1.807) is 29.1 Å². The first-order valence-electron chi connectivity index (χ1n) is 8.45. The number of benzene rings is 2. The zero-order chi connectivity index (χ0) is 19.4. The first-order chi connectivity index (χ1) is 13.0. The largest absolute Gasteiger partial charge is 0.504 e. The highest BCUT2D eigenvalue weighted by Gasteiger charge is 2.09. The van der Waals surface area contributed by atoms with Crippen molar-refractivity contribution in [2.45, 2.75) is 6.92 Å². The van der Waals surface area contributed by atoms with Crippen molar-refractivity contribution in [3.05, 3.63) is 52.8 Å². The third-order valence-electron chi connectivity index (χ3n) is 3.90. The third-order valence-corrected chi connectivity index (χ3v) is 4.16. The lowest BCUT2D eigenvalue weighted by Gasteiger charge is -2.12. The molecule has 0 spiro atoms. The van der Waals surface area contributed by atoms with Crippen molar-refractivity contribution in [3.8, 4) is 22.9 Å². The monoisotopic (exact) mass is 383 g/mol. The van der Waals surface area contributed by atoms with Crippen LogP contribution in [0.3, 0.4) is 0 Å². The van der Waals surface area contributed by atoms with Crippen molar-refractivity contribution in [1.29, 1.82) is 0 Å². The number of anilines is 1. The first-order valence-corrected chi connectivity index (χ1v) is 8.85. The smallest absolute Gasteiger partial charge is 0.216 e. The molecule has 1 aromatic heterocycles. The maximum atomic E-state index is 9.81. The number of aromatic amines is 1. The summed E-state index contributed by atoms with van der Waals surface area (Å²) < 4.78 is 7.35. The predicted octanol–water partition coefficient (Wildman–Crippen LogP) is 3.66. The molecule has 1 heterocycles. The molecule has 0 fully saturated rings. The van der Waals surface area contributed by atoms with Gasteiger partial charge in [0.15, 0.2) is 17.3 Å². The number of phenols is 1. The first kappa shape index (κ1) is 18.7. The number of nitrogens with zero attached hydrogens (tertiary/aromatic N) is 4. The molecule has 3 rings (SSSR count). The maximum absolute atomic E-state index is 9.81. The van der Waals surface area contributed by atoms with Gasteiger partial charge < -0.3 is 14.7 Å². The molecule has 8 heteroatoms. The van der Waals surface area contributed by atoms with E-state index in [1.807, 2.05) is 50.2 Å². The standard InChI is InChI=1S/C19H21N5O2S/c1-4-26-17-11-13(5-10-16(17)25)12-20-24-18(21-22-19(24)27)14-6-8-15(9-7-14)23(2)3/h5-12,25H,4H2,1-3H3,(H,22,27)/b20-12+. The van der Waals surface area contributed by atoms with Crippen molar-refractivity contribution in [1.82, 2.24) is 14.9 Å². The number of aromatic nitrogens is 3. The molecule has 2 N–H and O–H groups in total.